The highest BCUT2D eigenvalue weighted by Crippen LogP contribution is 2.13. The van der Waals surface area contributed by atoms with Crippen LogP contribution in [0.4, 0.5) is 5.69 Å². The molecule has 0 saturated heterocycles. The van der Waals surface area contributed by atoms with E-state index in [1.165, 1.54) is 5.56 Å². The molecule has 1 N–H and O–H groups in total. The van der Waals surface area contributed by atoms with Crippen molar-refractivity contribution in [1.29, 1.82) is 0 Å². The van der Waals surface area contributed by atoms with Gasteiger partial charge >= 0.3 is 0 Å². The fourth-order valence-corrected chi connectivity index (χ4v) is 2.08. The number of carbonyl (C=O) groups excluding carboxylic acids is 1. The Morgan fingerprint density at radius 2 is 1.58 bits per heavy atom. The van der Waals surface area contributed by atoms with Gasteiger partial charge < -0.3 is 5.32 Å². The molecular formula is C16H16BrNO. The van der Waals surface area contributed by atoms with Crippen molar-refractivity contribution in [2.75, 3.05) is 5.32 Å². The van der Waals surface area contributed by atoms with E-state index in [-0.39, 0.29) is 5.91 Å². The van der Waals surface area contributed by atoms with E-state index in [1.807, 2.05) is 48.5 Å². The average molecular weight is 318 g/mol. The maximum atomic E-state index is 11.9. The van der Waals surface area contributed by atoms with Gasteiger partial charge in [-0.15, -0.1) is 0 Å². The fraction of sp³-hybridized carbons (Fsp3) is 0.188. The van der Waals surface area contributed by atoms with Crippen molar-refractivity contribution in [2.24, 2.45) is 0 Å². The molecule has 0 spiro atoms. The minimum Gasteiger partial charge on any atom is -0.326 e. The van der Waals surface area contributed by atoms with Crippen LogP contribution in [0.5, 0.6) is 0 Å². The second-order valence-electron chi connectivity index (χ2n) is 4.40. The third-order valence-corrected chi connectivity index (χ3v) is 3.45. The molecule has 0 aliphatic carbocycles. The molecule has 2 aromatic carbocycles. The summed E-state index contributed by atoms with van der Waals surface area (Å²) in [5.74, 6) is 0.00608. The van der Waals surface area contributed by atoms with E-state index in [0.29, 0.717) is 6.42 Å². The van der Waals surface area contributed by atoms with Crippen LogP contribution in [0.2, 0.25) is 0 Å². The number of nitrogens with one attached hydrogen (secondary N) is 1. The first-order valence-electron chi connectivity index (χ1n) is 6.30. The van der Waals surface area contributed by atoms with Gasteiger partial charge in [-0.05, 0) is 41.8 Å². The number of amides is 1. The van der Waals surface area contributed by atoms with Crippen LogP contribution in [0.25, 0.3) is 0 Å². The van der Waals surface area contributed by atoms with Crippen molar-refractivity contribution >= 4 is 27.5 Å². The van der Waals surface area contributed by atoms with Crippen molar-refractivity contribution in [3.63, 3.8) is 0 Å². The second kappa shape index (κ2) is 6.53. The van der Waals surface area contributed by atoms with Crippen LogP contribution in [-0.4, -0.2) is 5.91 Å². The Kier molecular flexibility index (Phi) is 4.74. The maximum absolute atomic E-state index is 11.9. The summed E-state index contributed by atoms with van der Waals surface area (Å²) in [6, 6.07) is 15.7. The number of hydrogen-bond donors (Lipinski definition) is 1. The molecule has 0 fully saturated rings. The van der Waals surface area contributed by atoms with E-state index < -0.39 is 0 Å². The van der Waals surface area contributed by atoms with E-state index in [4.69, 9.17) is 0 Å². The zero-order valence-corrected chi connectivity index (χ0v) is 12.4. The standard InChI is InChI=1S/C16H16BrNO/c1-2-12-5-9-15(10-6-12)18-16(19)11-13-3-7-14(17)8-4-13/h3-10H,2,11H2,1H3,(H,18,19). The molecule has 2 rings (SSSR count). The van der Waals surface area contributed by atoms with Gasteiger partial charge in [0.1, 0.15) is 0 Å². The summed E-state index contributed by atoms with van der Waals surface area (Å²) in [5.41, 5.74) is 3.12. The molecular weight excluding hydrogens is 302 g/mol. The van der Waals surface area contributed by atoms with Crippen molar-refractivity contribution in [3.8, 4) is 0 Å². The molecule has 0 unspecified atom stereocenters. The highest BCUT2D eigenvalue weighted by molar-refractivity contribution is 9.10. The van der Waals surface area contributed by atoms with Gasteiger partial charge in [0.05, 0.1) is 6.42 Å². The van der Waals surface area contributed by atoms with Gasteiger partial charge in [-0.3, -0.25) is 4.79 Å². The van der Waals surface area contributed by atoms with Crippen molar-refractivity contribution in [3.05, 3.63) is 64.1 Å². The minimum absolute atomic E-state index is 0.00608. The monoisotopic (exact) mass is 317 g/mol. The molecule has 0 aromatic heterocycles. The number of rotatable bonds is 4. The molecule has 3 heteroatoms. The molecule has 2 nitrogen and oxygen atoms in total. The van der Waals surface area contributed by atoms with Gasteiger partial charge in [-0.25, -0.2) is 0 Å². The first-order valence-corrected chi connectivity index (χ1v) is 7.10. The molecule has 0 radical (unpaired) electrons. The normalized spacial score (nSPS) is 10.2. The highest BCUT2D eigenvalue weighted by Gasteiger charge is 2.04. The highest BCUT2D eigenvalue weighted by atomic mass is 79.9. The zero-order valence-electron chi connectivity index (χ0n) is 10.8. The number of aryl methyl sites for hydroxylation is 1. The molecule has 19 heavy (non-hydrogen) atoms. The summed E-state index contributed by atoms with van der Waals surface area (Å²) in [5, 5.41) is 2.91. The number of carbonyl (C=O) groups is 1. The number of benzene rings is 2. The molecule has 1 amide bonds. The maximum Gasteiger partial charge on any atom is 0.228 e. The largest absolute Gasteiger partial charge is 0.326 e. The average Bonchev–Trinajstić information content (AvgIpc) is 2.42. The zero-order chi connectivity index (χ0) is 13.7. The quantitative estimate of drug-likeness (QED) is 0.900. The number of hydrogen-bond acceptors (Lipinski definition) is 1. The van der Waals surface area contributed by atoms with Crippen molar-refractivity contribution in [2.45, 2.75) is 19.8 Å². The summed E-state index contributed by atoms with van der Waals surface area (Å²) in [7, 11) is 0. The van der Waals surface area contributed by atoms with E-state index in [9.17, 15) is 4.79 Å². The molecule has 0 atom stereocenters. The van der Waals surface area contributed by atoms with Crippen molar-refractivity contribution in [1.82, 2.24) is 0 Å². The summed E-state index contributed by atoms with van der Waals surface area (Å²) < 4.78 is 1.02. The third-order valence-electron chi connectivity index (χ3n) is 2.92. The summed E-state index contributed by atoms with van der Waals surface area (Å²) in [4.78, 5) is 11.9. The van der Waals surface area contributed by atoms with Gasteiger partial charge in [0, 0.05) is 10.2 Å². The summed E-state index contributed by atoms with van der Waals surface area (Å²) in [6.07, 6.45) is 1.40. The SMILES string of the molecule is CCc1ccc(NC(=O)Cc2ccc(Br)cc2)cc1. The van der Waals surface area contributed by atoms with Gasteiger partial charge in [0.25, 0.3) is 0 Å². The molecule has 0 aliphatic rings. The van der Waals surface area contributed by atoms with Crippen LogP contribution in [0.15, 0.2) is 53.0 Å². The first-order chi connectivity index (χ1) is 9.17. The Labute approximate surface area is 122 Å². The molecule has 0 saturated carbocycles. The van der Waals surface area contributed by atoms with Crippen LogP contribution in [-0.2, 0) is 17.6 Å². The lowest BCUT2D eigenvalue weighted by molar-refractivity contribution is -0.115. The van der Waals surface area contributed by atoms with Crippen LogP contribution in [0.1, 0.15) is 18.1 Å². The minimum atomic E-state index is 0.00608. The van der Waals surface area contributed by atoms with E-state index in [1.54, 1.807) is 0 Å². The Balaban J connectivity index is 1.95. The molecule has 0 heterocycles. The van der Waals surface area contributed by atoms with E-state index in [2.05, 4.69) is 28.2 Å². The summed E-state index contributed by atoms with van der Waals surface area (Å²) in [6.45, 7) is 2.11. The fourth-order valence-electron chi connectivity index (χ4n) is 1.82. The Morgan fingerprint density at radius 1 is 1.00 bits per heavy atom. The van der Waals surface area contributed by atoms with Crippen LogP contribution < -0.4 is 5.32 Å². The van der Waals surface area contributed by atoms with E-state index in [0.717, 1.165) is 22.1 Å². The lowest BCUT2D eigenvalue weighted by Crippen LogP contribution is -2.14. The van der Waals surface area contributed by atoms with E-state index >= 15 is 0 Å². The predicted molar refractivity (Wildman–Crippen MR) is 82.3 cm³/mol. The summed E-state index contributed by atoms with van der Waals surface area (Å²) >= 11 is 3.38. The van der Waals surface area contributed by atoms with Gasteiger partial charge in [-0.1, -0.05) is 47.1 Å². The Bertz CT molecular complexity index is 546. The predicted octanol–water partition coefficient (Wildman–Crippen LogP) is 4.19. The Hall–Kier alpha value is -1.61. The molecule has 0 aliphatic heterocycles. The Morgan fingerprint density at radius 3 is 2.16 bits per heavy atom. The van der Waals surface area contributed by atoms with Crippen LogP contribution in [0, 0.1) is 0 Å². The van der Waals surface area contributed by atoms with Gasteiger partial charge in [0.2, 0.25) is 5.91 Å². The number of anilines is 1. The lowest BCUT2D eigenvalue weighted by Gasteiger charge is -2.06. The molecule has 2 aromatic rings. The number of halogens is 1. The van der Waals surface area contributed by atoms with Crippen LogP contribution >= 0.6 is 15.9 Å². The topological polar surface area (TPSA) is 29.1 Å². The third kappa shape index (κ3) is 4.21. The lowest BCUT2D eigenvalue weighted by atomic mass is 10.1. The second-order valence-corrected chi connectivity index (χ2v) is 5.32. The smallest absolute Gasteiger partial charge is 0.228 e. The first kappa shape index (κ1) is 13.8. The molecule has 0 bridgehead atoms. The molecule has 98 valence electrons. The van der Waals surface area contributed by atoms with Gasteiger partial charge in [-0.2, -0.15) is 0 Å². The van der Waals surface area contributed by atoms with Crippen LogP contribution in [0.3, 0.4) is 0 Å². The van der Waals surface area contributed by atoms with Crippen molar-refractivity contribution < 1.29 is 4.79 Å². The van der Waals surface area contributed by atoms with Gasteiger partial charge in [0.15, 0.2) is 0 Å².